The molecule has 2 saturated heterocycles. The third-order valence-electron chi connectivity index (χ3n) is 3.94. The molecule has 5 heteroatoms. The molecule has 2 aliphatic rings. The van der Waals surface area contributed by atoms with E-state index in [9.17, 15) is 4.79 Å². The number of carbonyl (C=O) groups is 1. The first kappa shape index (κ1) is 13.8. The van der Waals surface area contributed by atoms with Crippen molar-refractivity contribution >= 4 is 23.4 Å². The topological polar surface area (TPSA) is 35.6 Å². The molecule has 1 atom stereocenters. The second-order valence-electron chi connectivity index (χ2n) is 5.27. The number of benzene rings is 1. The molecule has 1 amide bonds. The van der Waals surface area contributed by atoms with E-state index < -0.39 is 0 Å². The summed E-state index contributed by atoms with van der Waals surface area (Å²) in [6, 6.07) is 10.5. The van der Waals surface area contributed by atoms with E-state index in [1.54, 1.807) is 0 Å². The minimum atomic E-state index is 0.0308. The number of nitrogens with zero attached hydrogens (tertiary/aromatic N) is 2. The van der Waals surface area contributed by atoms with Gasteiger partial charge in [0.25, 0.3) is 0 Å². The summed E-state index contributed by atoms with van der Waals surface area (Å²) in [6.45, 7) is 3.66. The lowest BCUT2D eigenvalue weighted by molar-refractivity contribution is -0.132. The van der Waals surface area contributed by atoms with Crippen molar-refractivity contribution in [3.05, 3.63) is 30.3 Å². The van der Waals surface area contributed by atoms with E-state index in [0.717, 1.165) is 44.2 Å². The second-order valence-corrected chi connectivity index (χ2v) is 6.30. The van der Waals surface area contributed by atoms with Crippen LogP contribution in [0.25, 0.3) is 0 Å². The first-order chi connectivity index (χ1) is 9.84. The maximum absolute atomic E-state index is 12.4. The fraction of sp³-hybridized carbons (Fsp3) is 0.533. The van der Waals surface area contributed by atoms with Crippen LogP contribution in [0.15, 0.2) is 30.3 Å². The second kappa shape index (κ2) is 6.50. The Balaban J connectivity index is 1.60. The van der Waals surface area contributed by atoms with Gasteiger partial charge in [-0.3, -0.25) is 10.1 Å². The Kier molecular flexibility index (Phi) is 4.47. The van der Waals surface area contributed by atoms with Crippen LogP contribution in [0.3, 0.4) is 0 Å². The predicted octanol–water partition coefficient (Wildman–Crippen LogP) is 1.39. The van der Waals surface area contributed by atoms with Crippen molar-refractivity contribution in [1.82, 2.24) is 10.2 Å². The number of rotatable bonds is 2. The number of anilines is 1. The molecule has 20 heavy (non-hydrogen) atoms. The fourth-order valence-electron chi connectivity index (χ4n) is 2.81. The van der Waals surface area contributed by atoms with Crippen LogP contribution in [0.5, 0.6) is 0 Å². The van der Waals surface area contributed by atoms with Gasteiger partial charge in [0.05, 0.1) is 6.04 Å². The molecule has 1 aromatic carbocycles. The summed E-state index contributed by atoms with van der Waals surface area (Å²) in [5.41, 5.74) is 1.26. The van der Waals surface area contributed by atoms with Gasteiger partial charge in [-0.05, 0) is 18.6 Å². The standard InChI is InChI=1S/C15H21N3OS/c19-15(14-11-20-12-16-14)18-8-4-7-17(9-10-18)13-5-2-1-3-6-13/h1-3,5-6,14,16H,4,7-12H2. The predicted molar refractivity (Wildman–Crippen MR) is 84.1 cm³/mol. The van der Waals surface area contributed by atoms with Crippen LogP contribution in [-0.2, 0) is 4.79 Å². The Morgan fingerprint density at radius 1 is 1.15 bits per heavy atom. The number of thioether (sulfide) groups is 1. The first-order valence-electron chi connectivity index (χ1n) is 7.24. The van der Waals surface area contributed by atoms with Crippen molar-refractivity contribution in [2.24, 2.45) is 0 Å². The maximum atomic E-state index is 12.4. The van der Waals surface area contributed by atoms with Gasteiger partial charge in [0, 0.05) is 43.5 Å². The van der Waals surface area contributed by atoms with Crippen molar-refractivity contribution < 1.29 is 4.79 Å². The summed E-state index contributed by atoms with van der Waals surface area (Å²) in [6.07, 6.45) is 1.04. The fourth-order valence-corrected chi connectivity index (χ4v) is 3.74. The number of nitrogens with one attached hydrogen (secondary N) is 1. The number of para-hydroxylation sites is 1. The molecule has 0 spiro atoms. The van der Waals surface area contributed by atoms with Crippen LogP contribution in [-0.4, -0.2) is 54.7 Å². The lowest BCUT2D eigenvalue weighted by atomic mass is 10.2. The Bertz CT molecular complexity index is 448. The van der Waals surface area contributed by atoms with E-state index in [2.05, 4.69) is 34.5 Å². The van der Waals surface area contributed by atoms with Crippen LogP contribution in [0.4, 0.5) is 5.69 Å². The summed E-state index contributed by atoms with van der Waals surface area (Å²) in [5, 5.41) is 3.28. The molecular formula is C15H21N3OS. The molecule has 2 heterocycles. The highest BCUT2D eigenvalue weighted by Crippen LogP contribution is 2.17. The quantitative estimate of drug-likeness (QED) is 0.893. The summed E-state index contributed by atoms with van der Waals surface area (Å²) >= 11 is 1.81. The molecule has 0 aromatic heterocycles. The highest BCUT2D eigenvalue weighted by Gasteiger charge is 2.28. The van der Waals surface area contributed by atoms with Crippen molar-refractivity contribution in [2.75, 3.05) is 42.7 Å². The Labute approximate surface area is 124 Å². The lowest BCUT2D eigenvalue weighted by Gasteiger charge is -2.25. The molecule has 4 nitrogen and oxygen atoms in total. The average molecular weight is 291 g/mol. The minimum Gasteiger partial charge on any atom is -0.370 e. The molecular weight excluding hydrogens is 270 g/mol. The lowest BCUT2D eigenvalue weighted by Crippen LogP contribution is -2.46. The van der Waals surface area contributed by atoms with Crippen LogP contribution >= 0.6 is 11.8 Å². The number of hydrogen-bond donors (Lipinski definition) is 1. The van der Waals surface area contributed by atoms with E-state index in [4.69, 9.17) is 0 Å². The Morgan fingerprint density at radius 2 is 2.00 bits per heavy atom. The van der Waals surface area contributed by atoms with Crippen LogP contribution in [0.2, 0.25) is 0 Å². The zero-order chi connectivity index (χ0) is 13.8. The number of carbonyl (C=O) groups excluding carboxylic acids is 1. The van der Waals surface area contributed by atoms with Crippen molar-refractivity contribution in [3.8, 4) is 0 Å². The van der Waals surface area contributed by atoms with Gasteiger partial charge >= 0.3 is 0 Å². The third kappa shape index (κ3) is 3.10. The summed E-state index contributed by atoms with van der Waals surface area (Å²) in [5.74, 6) is 2.10. The van der Waals surface area contributed by atoms with Crippen molar-refractivity contribution in [2.45, 2.75) is 12.5 Å². The van der Waals surface area contributed by atoms with Crippen LogP contribution in [0.1, 0.15) is 6.42 Å². The van der Waals surface area contributed by atoms with Gasteiger partial charge in [-0.25, -0.2) is 0 Å². The SMILES string of the molecule is O=C(C1CSCN1)N1CCCN(c2ccccc2)CC1. The smallest absolute Gasteiger partial charge is 0.240 e. The van der Waals surface area contributed by atoms with Crippen molar-refractivity contribution in [1.29, 1.82) is 0 Å². The molecule has 2 aliphatic heterocycles. The monoisotopic (exact) mass is 291 g/mol. The van der Waals surface area contributed by atoms with Crippen LogP contribution < -0.4 is 10.2 Å². The zero-order valence-corrected chi connectivity index (χ0v) is 12.4. The molecule has 0 bridgehead atoms. The normalized spacial score (nSPS) is 23.7. The number of hydrogen-bond acceptors (Lipinski definition) is 4. The Morgan fingerprint density at radius 3 is 2.75 bits per heavy atom. The molecule has 0 saturated carbocycles. The maximum Gasteiger partial charge on any atom is 0.240 e. The summed E-state index contributed by atoms with van der Waals surface area (Å²) in [7, 11) is 0. The van der Waals surface area contributed by atoms with E-state index in [1.807, 2.05) is 22.7 Å². The average Bonchev–Trinajstić information content (AvgIpc) is 2.92. The molecule has 3 rings (SSSR count). The molecule has 0 aliphatic carbocycles. The van der Waals surface area contributed by atoms with E-state index in [0.29, 0.717) is 0 Å². The summed E-state index contributed by atoms with van der Waals surface area (Å²) in [4.78, 5) is 16.8. The molecule has 0 radical (unpaired) electrons. The van der Waals surface area contributed by atoms with E-state index in [-0.39, 0.29) is 11.9 Å². The summed E-state index contributed by atoms with van der Waals surface area (Å²) < 4.78 is 0. The molecule has 2 fully saturated rings. The Hall–Kier alpha value is -1.20. The molecule has 1 N–H and O–H groups in total. The van der Waals surface area contributed by atoms with Gasteiger partial charge in [-0.15, -0.1) is 11.8 Å². The van der Waals surface area contributed by atoms with E-state index >= 15 is 0 Å². The highest BCUT2D eigenvalue weighted by molar-refractivity contribution is 7.99. The van der Waals surface area contributed by atoms with Gasteiger partial charge in [0.1, 0.15) is 0 Å². The largest absolute Gasteiger partial charge is 0.370 e. The van der Waals surface area contributed by atoms with Gasteiger partial charge in [0.15, 0.2) is 0 Å². The molecule has 1 unspecified atom stereocenters. The number of amides is 1. The van der Waals surface area contributed by atoms with Crippen LogP contribution in [0, 0.1) is 0 Å². The van der Waals surface area contributed by atoms with Gasteiger partial charge < -0.3 is 9.80 Å². The van der Waals surface area contributed by atoms with Gasteiger partial charge in [-0.1, -0.05) is 18.2 Å². The van der Waals surface area contributed by atoms with Gasteiger partial charge in [-0.2, -0.15) is 0 Å². The first-order valence-corrected chi connectivity index (χ1v) is 8.40. The third-order valence-corrected chi connectivity index (χ3v) is 4.88. The zero-order valence-electron chi connectivity index (χ0n) is 11.6. The highest BCUT2D eigenvalue weighted by atomic mass is 32.2. The molecule has 1 aromatic rings. The molecule has 108 valence electrons. The minimum absolute atomic E-state index is 0.0308. The van der Waals surface area contributed by atoms with E-state index in [1.165, 1.54) is 5.69 Å². The van der Waals surface area contributed by atoms with Gasteiger partial charge in [0.2, 0.25) is 5.91 Å². The van der Waals surface area contributed by atoms with Crippen molar-refractivity contribution in [3.63, 3.8) is 0 Å².